The molecule has 0 saturated carbocycles. The summed E-state index contributed by atoms with van der Waals surface area (Å²) in [5.41, 5.74) is 3.08. The molecule has 0 bridgehead atoms. The lowest BCUT2D eigenvalue weighted by molar-refractivity contribution is -0.116. The number of fused-ring (bicyclic) bond motifs is 1. The van der Waals surface area contributed by atoms with Crippen molar-refractivity contribution in [1.29, 1.82) is 0 Å². The molecule has 2 unspecified atom stereocenters. The molecule has 2 atom stereocenters. The van der Waals surface area contributed by atoms with Crippen molar-refractivity contribution < 1.29 is 14.3 Å². The van der Waals surface area contributed by atoms with Gasteiger partial charge in [0.1, 0.15) is 11.9 Å². The number of hydrogen-bond acceptors (Lipinski definition) is 2. The topological polar surface area (TPSA) is 49.3 Å². The van der Waals surface area contributed by atoms with Crippen LogP contribution in [0.5, 0.6) is 0 Å². The highest BCUT2D eigenvalue weighted by Crippen LogP contribution is 2.37. The predicted octanol–water partition coefficient (Wildman–Crippen LogP) is 3.27. The lowest BCUT2D eigenvalue weighted by Crippen LogP contribution is -2.08. The summed E-state index contributed by atoms with van der Waals surface area (Å²) in [6, 6.07) is 10.4. The van der Waals surface area contributed by atoms with Gasteiger partial charge < -0.3 is 10.4 Å². The number of benzene rings is 2. The van der Waals surface area contributed by atoms with Gasteiger partial charge >= 0.3 is 0 Å². The van der Waals surface area contributed by atoms with E-state index in [9.17, 15) is 14.3 Å². The molecule has 0 aliphatic carbocycles. The average Bonchev–Trinajstić information content (AvgIpc) is 2.76. The number of rotatable bonds is 2. The van der Waals surface area contributed by atoms with E-state index in [4.69, 9.17) is 0 Å². The first-order chi connectivity index (χ1) is 9.97. The van der Waals surface area contributed by atoms with Gasteiger partial charge in [0.05, 0.1) is 11.6 Å². The van der Waals surface area contributed by atoms with Gasteiger partial charge in [0.15, 0.2) is 0 Å². The zero-order valence-electron chi connectivity index (χ0n) is 11.9. The summed E-state index contributed by atoms with van der Waals surface area (Å²) in [7, 11) is 0. The van der Waals surface area contributed by atoms with E-state index in [1.807, 2.05) is 31.2 Å². The summed E-state index contributed by atoms with van der Waals surface area (Å²) in [5.74, 6) is -1.13. The van der Waals surface area contributed by atoms with Gasteiger partial charge in [-0.3, -0.25) is 4.79 Å². The second-order valence-electron chi connectivity index (χ2n) is 5.49. The minimum atomic E-state index is -0.909. The summed E-state index contributed by atoms with van der Waals surface area (Å²) in [5, 5.41) is 13.0. The molecule has 2 N–H and O–H groups in total. The second-order valence-corrected chi connectivity index (χ2v) is 5.49. The third-order valence-corrected chi connectivity index (χ3v) is 3.96. The number of aliphatic hydroxyl groups excluding tert-OH is 1. The molecule has 0 aromatic heterocycles. The molecule has 0 saturated heterocycles. The number of anilines is 1. The van der Waals surface area contributed by atoms with Crippen LogP contribution in [0.4, 0.5) is 10.1 Å². The van der Waals surface area contributed by atoms with Gasteiger partial charge in [0, 0.05) is 0 Å². The third-order valence-electron chi connectivity index (χ3n) is 3.96. The van der Waals surface area contributed by atoms with E-state index in [0.717, 1.165) is 5.56 Å². The Kier molecular flexibility index (Phi) is 3.26. The molecule has 0 spiro atoms. The molecule has 0 radical (unpaired) electrons. The SMILES string of the molecule is Cc1ccc(C(O)c2cc(F)c3c(c2)C(C)C(=O)N3)cc1. The number of aryl methyl sites for hydroxylation is 1. The van der Waals surface area contributed by atoms with Crippen LogP contribution in [0, 0.1) is 12.7 Å². The molecule has 4 heteroatoms. The maximum absolute atomic E-state index is 14.1. The fourth-order valence-corrected chi connectivity index (χ4v) is 2.59. The Morgan fingerprint density at radius 1 is 1.19 bits per heavy atom. The smallest absolute Gasteiger partial charge is 0.231 e. The largest absolute Gasteiger partial charge is 0.384 e. The van der Waals surface area contributed by atoms with Crippen LogP contribution in [0.2, 0.25) is 0 Å². The van der Waals surface area contributed by atoms with Crippen LogP contribution < -0.4 is 5.32 Å². The van der Waals surface area contributed by atoms with Gasteiger partial charge in [-0.25, -0.2) is 4.39 Å². The molecular formula is C17H16FNO2. The Balaban J connectivity index is 2.02. The number of nitrogens with one attached hydrogen (secondary N) is 1. The minimum Gasteiger partial charge on any atom is -0.384 e. The zero-order valence-corrected chi connectivity index (χ0v) is 11.9. The highest BCUT2D eigenvalue weighted by Gasteiger charge is 2.30. The second kappa shape index (κ2) is 4.97. The lowest BCUT2D eigenvalue weighted by atomic mass is 9.95. The standard InChI is InChI=1S/C17H16FNO2/c1-9-3-5-11(6-4-9)16(20)12-7-13-10(2)17(21)19-15(13)14(18)8-12/h3-8,10,16,20H,1-2H3,(H,19,21). The zero-order chi connectivity index (χ0) is 15.1. The minimum absolute atomic E-state index is 0.217. The molecule has 3 nitrogen and oxygen atoms in total. The molecule has 1 aliphatic heterocycles. The molecule has 3 rings (SSSR count). The Labute approximate surface area is 122 Å². The highest BCUT2D eigenvalue weighted by molar-refractivity contribution is 6.02. The van der Waals surface area contributed by atoms with Gasteiger partial charge in [-0.05, 0) is 42.7 Å². The van der Waals surface area contributed by atoms with Gasteiger partial charge in [0.2, 0.25) is 5.91 Å². The first-order valence-corrected chi connectivity index (χ1v) is 6.86. The van der Waals surface area contributed by atoms with Crippen LogP contribution in [0.15, 0.2) is 36.4 Å². The normalized spacial score (nSPS) is 18.3. The summed E-state index contributed by atoms with van der Waals surface area (Å²) >= 11 is 0. The average molecular weight is 285 g/mol. The van der Waals surface area contributed by atoms with Crippen molar-refractivity contribution in [3.05, 3.63) is 64.5 Å². The molecular weight excluding hydrogens is 269 g/mol. The van der Waals surface area contributed by atoms with Gasteiger partial charge in [-0.1, -0.05) is 29.8 Å². The van der Waals surface area contributed by atoms with E-state index in [0.29, 0.717) is 16.7 Å². The number of carbonyl (C=O) groups is 1. The molecule has 0 fully saturated rings. The van der Waals surface area contributed by atoms with Crippen LogP contribution in [0.3, 0.4) is 0 Å². The van der Waals surface area contributed by atoms with Crippen LogP contribution >= 0.6 is 0 Å². The monoisotopic (exact) mass is 285 g/mol. The van der Waals surface area contributed by atoms with E-state index in [1.54, 1.807) is 13.0 Å². The Bertz CT molecular complexity index is 709. The van der Waals surface area contributed by atoms with Crippen molar-refractivity contribution in [2.24, 2.45) is 0 Å². The first-order valence-electron chi connectivity index (χ1n) is 6.86. The van der Waals surface area contributed by atoms with E-state index in [2.05, 4.69) is 5.32 Å². The molecule has 1 amide bonds. The van der Waals surface area contributed by atoms with Crippen molar-refractivity contribution in [1.82, 2.24) is 0 Å². The lowest BCUT2D eigenvalue weighted by Gasteiger charge is -2.14. The van der Waals surface area contributed by atoms with Crippen molar-refractivity contribution in [3.63, 3.8) is 0 Å². The van der Waals surface area contributed by atoms with Gasteiger partial charge in [-0.15, -0.1) is 0 Å². The van der Waals surface area contributed by atoms with E-state index in [1.165, 1.54) is 6.07 Å². The van der Waals surface area contributed by atoms with Crippen LogP contribution in [-0.4, -0.2) is 11.0 Å². The summed E-state index contributed by atoms with van der Waals surface area (Å²) in [6.45, 7) is 3.69. The molecule has 1 aliphatic rings. The van der Waals surface area contributed by atoms with Gasteiger partial charge in [0.25, 0.3) is 0 Å². The first kappa shape index (κ1) is 13.8. The number of aliphatic hydroxyl groups is 1. The quantitative estimate of drug-likeness (QED) is 0.889. The van der Waals surface area contributed by atoms with E-state index in [-0.39, 0.29) is 11.6 Å². The Morgan fingerprint density at radius 3 is 2.52 bits per heavy atom. The maximum Gasteiger partial charge on any atom is 0.231 e. The van der Waals surface area contributed by atoms with Crippen molar-refractivity contribution >= 4 is 11.6 Å². The van der Waals surface area contributed by atoms with Crippen LogP contribution in [0.25, 0.3) is 0 Å². The Morgan fingerprint density at radius 2 is 1.86 bits per heavy atom. The highest BCUT2D eigenvalue weighted by atomic mass is 19.1. The molecule has 2 aromatic carbocycles. The number of hydrogen-bond donors (Lipinski definition) is 2. The third kappa shape index (κ3) is 2.32. The molecule has 2 aromatic rings. The Hall–Kier alpha value is -2.20. The summed E-state index contributed by atoms with van der Waals surface area (Å²) in [4.78, 5) is 11.6. The summed E-state index contributed by atoms with van der Waals surface area (Å²) < 4.78 is 14.1. The number of carbonyl (C=O) groups excluding carboxylic acids is 1. The molecule has 1 heterocycles. The fraction of sp³-hybridized carbons (Fsp3) is 0.235. The maximum atomic E-state index is 14.1. The number of amides is 1. The fourth-order valence-electron chi connectivity index (χ4n) is 2.59. The summed E-state index contributed by atoms with van der Waals surface area (Å²) in [6.07, 6.45) is -0.909. The number of halogens is 1. The van der Waals surface area contributed by atoms with E-state index >= 15 is 0 Å². The molecule has 108 valence electrons. The van der Waals surface area contributed by atoms with Gasteiger partial charge in [-0.2, -0.15) is 0 Å². The van der Waals surface area contributed by atoms with Crippen molar-refractivity contribution in [3.8, 4) is 0 Å². The molecule has 21 heavy (non-hydrogen) atoms. The van der Waals surface area contributed by atoms with Crippen molar-refractivity contribution in [2.75, 3.05) is 5.32 Å². The van der Waals surface area contributed by atoms with Crippen LogP contribution in [0.1, 0.15) is 41.2 Å². The van der Waals surface area contributed by atoms with Crippen LogP contribution in [-0.2, 0) is 4.79 Å². The van der Waals surface area contributed by atoms with E-state index < -0.39 is 17.8 Å². The van der Waals surface area contributed by atoms with Crippen molar-refractivity contribution in [2.45, 2.75) is 25.9 Å². The predicted molar refractivity (Wildman–Crippen MR) is 78.7 cm³/mol.